The SMILES string of the molecule is COC(=O)c1ccc(-c2cnc3c(N(CCC(F)(F)F)C(=O)OC(C)(C)C)cc(Br)cn23)cc1C.COC(=O)c1ccc(-c2cnc3c(N(CCC(F)(F)F)C(=O)OC(C)(C)C)cc(Oc4ccc(OC(F)(F)F)cc4)cn23)cc1C. The minimum absolute atomic E-state index is 0.00490. The molecule has 0 aliphatic carbocycles. The van der Waals surface area contributed by atoms with Gasteiger partial charge in [0.25, 0.3) is 0 Å². The average Bonchev–Trinajstić information content (AvgIpc) is 4.04. The summed E-state index contributed by atoms with van der Waals surface area (Å²) in [7, 11) is 2.55. The molecule has 0 bridgehead atoms. The van der Waals surface area contributed by atoms with Crippen LogP contribution in [0.25, 0.3) is 33.8 Å². The Morgan fingerprint density at radius 2 is 0.963 bits per heavy atom. The maximum atomic E-state index is 13.4. The van der Waals surface area contributed by atoms with Crippen molar-refractivity contribution in [3.63, 3.8) is 0 Å². The molecule has 0 saturated carbocycles. The van der Waals surface area contributed by atoms with Crippen molar-refractivity contribution < 1.29 is 87.1 Å². The molecule has 4 aromatic heterocycles. The smallest absolute Gasteiger partial charge is 0.465 e. The number of amides is 2. The first-order chi connectivity index (χ1) is 37.5. The number of ether oxygens (including phenoxy) is 6. The number of carbonyl (C=O) groups excluding carboxylic acids is 4. The number of benzene rings is 3. The summed E-state index contributed by atoms with van der Waals surface area (Å²) in [5, 5.41) is 0. The molecule has 3 aromatic carbocycles. The van der Waals surface area contributed by atoms with Crippen LogP contribution in [-0.4, -0.2) is 100 Å². The molecule has 0 unspecified atom stereocenters. The molecular weight excluding hydrogens is 1160 g/mol. The number of alkyl halides is 9. The van der Waals surface area contributed by atoms with E-state index in [1.165, 1.54) is 61.3 Å². The lowest BCUT2D eigenvalue weighted by atomic mass is 10.0. The van der Waals surface area contributed by atoms with Crippen LogP contribution < -0.4 is 19.3 Å². The first-order valence-electron chi connectivity index (χ1n) is 24.3. The van der Waals surface area contributed by atoms with Gasteiger partial charge in [0.15, 0.2) is 11.3 Å². The summed E-state index contributed by atoms with van der Waals surface area (Å²) < 4.78 is 151. The Labute approximate surface area is 466 Å². The number of esters is 2. The van der Waals surface area contributed by atoms with Gasteiger partial charge in [0, 0.05) is 41.0 Å². The number of anilines is 2. The fourth-order valence-electron chi connectivity index (χ4n) is 7.86. The van der Waals surface area contributed by atoms with Crippen molar-refractivity contribution in [2.45, 2.75) is 98.1 Å². The van der Waals surface area contributed by atoms with E-state index in [9.17, 15) is 58.7 Å². The number of halogens is 10. The summed E-state index contributed by atoms with van der Waals surface area (Å²) in [4.78, 5) is 60.8. The molecular formula is C55H54BrF9N6O10. The lowest BCUT2D eigenvalue weighted by molar-refractivity contribution is -0.274. The number of hydrogen-bond donors (Lipinski definition) is 0. The Hall–Kier alpha value is -8.03. The fourth-order valence-corrected chi connectivity index (χ4v) is 8.28. The number of hydrogen-bond acceptors (Lipinski definition) is 12. The molecule has 81 heavy (non-hydrogen) atoms. The van der Waals surface area contributed by atoms with E-state index >= 15 is 0 Å². The van der Waals surface area contributed by atoms with E-state index < -0.39 is 85.7 Å². The highest BCUT2D eigenvalue weighted by molar-refractivity contribution is 9.10. The molecule has 0 aliphatic rings. The molecule has 0 radical (unpaired) electrons. The van der Waals surface area contributed by atoms with E-state index in [0.717, 1.165) is 21.9 Å². The molecule has 0 fully saturated rings. The zero-order valence-corrected chi connectivity index (χ0v) is 46.7. The quantitative estimate of drug-likeness (QED) is 0.0610. The van der Waals surface area contributed by atoms with Crippen molar-refractivity contribution >= 4 is 62.7 Å². The number of rotatable bonds is 13. The van der Waals surface area contributed by atoms with Gasteiger partial charge in [0.2, 0.25) is 0 Å². The Kier molecular flexibility index (Phi) is 18.7. The van der Waals surface area contributed by atoms with Crippen molar-refractivity contribution in [1.29, 1.82) is 0 Å². The second kappa shape index (κ2) is 24.4. The molecule has 0 atom stereocenters. The monoisotopic (exact) mass is 1210 g/mol. The van der Waals surface area contributed by atoms with Gasteiger partial charge in [-0.15, -0.1) is 13.2 Å². The third kappa shape index (κ3) is 16.8. The molecule has 0 saturated heterocycles. The zero-order valence-electron chi connectivity index (χ0n) is 45.1. The number of methoxy groups -OCH3 is 2. The van der Waals surface area contributed by atoms with Crippen LogP contribution in [0, 0.1) is 13.8 Å². The lowest BCUT2D eigenvalue weighted by Crippen LogP contribution is -2.39. The number of imidazole rings is 2. The number of pyridine rings is 2. The standard InChI is InChI=1S/C31H29F6N3O6.C24H25BrF3N3O4/c1-18-14-19(6-11-23(18)27(41)43-5)25-16-38-26-24(39(13-12-30(32,33)34)28(42)46-29(2,3)4)15-22(17-40(25)26)44-20-7-9-21(10-8-20)45-31(35,36)37;1-14-10-15(6-7-17(14)21(32)34-5)19-12-29-20-18(11-16(25)13-31(19)20)30(9-8-24(26,27)28)22(33)35-23(2,3)4/h6-11,14-17H,12-13H2,1-5H3;6-7,10-13H,8-9H2,1-5H3. The van der Waals surface area contributed by atoms with Gasteiger partial charge in [-0.3, -0.25) is 18.6 Å². The van der Waals surface area contributed by atoms with Gasteiger partial charge in [-0.25, -0.2) is 29.1 Å². The molecule has 0 spiro atoms. The Morgan fingerprint density at radius 3 is 1.35 bits per heavy atom. The van der Waals surface area contributed by atoms with Gasteiger partial charge >= 0.3 is 42.8 Å². The summed E-state index contributed by atoms with van der Waals surface area (Å²) in [6, 6.07) is 17.2. The van der Waals surface area contributed by atoms with Crippen LogP contribution in [0.3, 0.4) is 0 Å². The van der Waals surface area contributed by atoms with Crippen LogP contribution in [0.4, 0.5) is 60.5 Å². The van der Waals surface area contributed by atoms with Crippen molar-refractivity contribution in [3.8, 4) is 39.8 Å². The van der Waals surface area contributed by atoms with Crippen LogP contribution >= 0.6 is 15.9 Å². The molecule has 0 aliphatic heterocycles. The Bertz CT molecular complexity index is 3440. The maximum Gasteiger partial charge on any atom is 0.573 e. The molecule has 2 amide bonds. The summed E-state index contributed by atoms with van der Waals surface area (Å²) in [6.07, 6.45) is -12.5. The van der Waals surface area contributed by atoms with Gasteiger partial charge in [-0.2, -0.15) is 26.3 Å². The van der Waals surface area contributed by atoms with Crippen molar-refractivity contribution in [2.24, 2.45) is 0 Å². The normalized spacial score (nSPS) is 12.1. The van der Waals surface area contributed by atoms with Gasteiger partial charge < -0.3 is 28.4 Å². The molecule has 0 N–H and O–H groups in total. The number of nitrogens with zero attached hydrogens (tertiary/aromatic N) is 6. The summed E-state index contributed by atoms with van der Waals surface area (Å²) in [5.41, 5.74) is 2.69. The van der Waals surface area contributed by atoms with Crippen molar-refractivity contribution in [1.82, 2.24) is 18.8 Å². The minimum Gasteiger partial charge on any atom is -0.465 e. The van der Waals surface area contributed by atoms with E-state index in [0.29, 0.717) is 49.2 Å². The fraction of sp³-hybridized carbons (Fsp3) is 0.345. The third-order valence-corrected chi connectivity index (χ3v) is 11.7. The molecule has 7 aromatic rings. The van der Waals surface area contributed by atoms with Crippen LogP contribution in [-0.2, 0) is 18.9 Å². The van der Waals surface area contributed by atoms with Crippen LogP contribution in [0.5, 0.6) is 17.2 Å². The first-order valence-corrected chi connectivity index (χ1v) is 25.1. The Morgan fingerprint density at radius 1 is 0.556 bits per heavy atom. The minimum atomic E-state index is -4.91. The second-order valence-corrected chi connectivity index (χ2v) is 20.9. The number of aromatic nitrogens is 4. The van der Waals surface area contributed by atoms with Crippen molar-refractivity contribution in [2.75, 3.05) is 37.1 Å². The van der Waals surface area contributed by atoms with E-state index in [1.807, 2.05) is 0 Å². The van der Waals surface area contributed by atoms with Gasteiger partial charge in [0.05, 0.1) is 79.5 Å². The van der Waals surface area contributed by atoms with E-state index in [1.54, 1.807) is 103 Å². The molecule has 26 heteroatoms. The summed E-state index contributed by atoms with van der Waals surface area (Å²) in [5.74, 6) is -1.46. The van der Waals surface area contributed by atoms with Crippen LogP contribution in [0.1, 0.15) is 86.2 Å². The highest BCUT2D eigenvalue weighted by atomic mass is 79.9. The summed E-state index contributed by atoms with van der Waals surface area (Å²) in [6.45, 7) is 11.6. The topological polar surface area (TPSA) is 165 Å². The third-order valence-electron chi connectivity index (χ3n) is 11.3. The number of carbonyl (C=O) groups is 4. The zero-order chi connectivity index (χ0) is 60.2. The van der Waals surface area contributed by atoms with E-state index in [-0.39, 0.29) is 34.2 Å². The van der Waals surface area contributed by atoms with Gasteiger partial charge in [-0.05, 0) is 137 Å². The molecule has 434 valence electrons. The van der Waals surface area contributed by atoms with Crippen molar-refractivity contribution in [3.05, 3.63) is 124 Å². The van der Waals surface area contributed by atoms with E-state index in [2.05, 4.69) is 30.6 Å². The lowest BCUT2D eigenvalue weighted by Gasteiger charge is -2.28. The largest absolute Gasteiger partial charge is 0.573 e. The first kappa shape index (κ1) is 62.2. The second-order valence-electron chi connectivity index (χ2n) is 19.9. The molecule has 7 rings (SSSR count). The van der Waals surface area contributed by atoms with E-state index in [4.69, 9.17) is 23.7 Å². The number of aryl methyl sites for hydroxylation is 2. The highest BCUT2D eigenvalue weighted by Crippen LogP contribution is 2.38. The highest BCUT2D eigenvalue weighted by Gasteiger charge is 2.35. The average molecular weight is 1210 g/mol. The predicted molar refractivity (Wildman–Crippen MR) is 283 cm³/mol. The van der Waals surface area contributed by atoms with Crippen LogP contribution in [0.2, 0.25) is 0 Å². The maximum absolute atomic E-state index is 13.4. The van der Waals surface area contributed by atoms with Gasteiger partial charge in [0.1, 0.15) is 28.5 Å². The van der Waals surface area contributed by atoms with Gasteiger partial charge in [-0.1, -0.05) is 12.1 Å². The van der Waals surface area contributed by atoms with Crippen LogP contribution in [0.15, 0.2) is 102 Å². The Balaban J connectivity index is 0.000000271. The predicted octanol–water partition coefficient (Wildman–Crippen LogP) is 15.0. The summed E-state index contributed by atoms with van der Waals surface area (Å²) >= 11 is 3.39. The molecule has 4 heterocycles. The molecule has 16 nitrogen and oxygen atoms in total. The number of fused-ring (bicyclic) bond motifs is 2.